The van der Waals surface area contributed by atoms with Crippen LogP contribution in [-0.2, 0) is 6.54 Å². The van der Waals surface area contributed by atoms with E-state index in [-0.39, 0.29) is 18.1 Å². The number of β-amino-alcohol motifs (C(OH)–C–C–N with tert-alkyl or cyclic N) is 1. The highest BCUT2D eigenvalue weighted by Crippen LogP contribution is 2.23. The zero-order valence-corrected chi connectivity index (χ0v) is 13.9. The Labute approximate surface area is 149 Å². The molecule has 1 aromatic carbocycles. The number of benzene rings is 1. The summed E-state index contributed by atoms with van der Waals surface area (Å²) in [6.45, 7) is 1.47. The van der Waals surface area contributed by atoms with Crippen LogP contribution < -0.4 is 11.1 Å². The second-order valence-corrected chi connectivity index (χ2v) is 6.39. The van der Waals surface area contributed by atoms with Crippen LogP contribution in [0.4, 0.5) is 0 Å². The molecule has 0 aliphatic carbocycles. The minimum Gasteiger partial charge on any atom is -0.446 e. The molecular weight excluding hydrogens is 336 g/mol. The van der Waals surface area contributed by atoms with Gasteiger partial charge in [-0.15, -0.1) is 0 Å². The number of nitrogens with zero attached hydrogens (tertiary/aromatic N) is 2. The van der Waals surface area contributed by atoms with Crippen molar-refractivity contribution >= 4 is 11.8 Å². The summed E-state index contributed by atoms with van der Waals surface area (Å²) in [6.07, 6.45) is 0. The number of amides is 2. The zero-order chi connectivity index (χ0) is 18.7. The maximum Gasteiger partial charge on any atom is 0.287 e. The monoisotopic (exact) mass is 354 g/mol. The SMILES string of the molecule is N#Cc1cccc(CN2CC(O)(CNC(=O)c3ccc(C(N)=O)o3)C2)c1. The lowest BCUT2D eigenvalue weighted by Crippen LogP contribution is -2.65. The molecule has 0 bridgehead atoms. The molecule has 0 saturated carbocycles. The largest absolute Gasteiger partial charge is 0.446 e. The molecule has 1 aromatic heterocycles. The predicted octanol–water partition coefficient (Wildman–Crippen LogP) is 0.227. The number of nitrogens with two attached hydrogens (primary N) is 1. The van der Waals surface area contributed by atoms with Crippen LogP contribution in [0.2, 0.25) is 0 Å². The van der Waals surface area contributed by atoms with E-state index in [2.05, 4.69) is 11.4 Å². The quantitative estimate of drug-likeness (QED) is 0.680. The van der Waals surface area contributed by atoms with E-state index in [1.54, 1.807) is 6.07 Å². The Kier molecular flexibility index (Phi) is 4.75. The van der Waals surface area contributed by atoms with Gasteiger partial charge in [-0.2, -0.15) is 5.26 Å². The number of primary amides is 1. The van der Waals surface area contributed by atoms with Crippen molar-refractivity contribution in [1.82, 2.24) is 10.2 Å². The summed E-state index contributed by atoms with van der Waals surface area (Å²) < 4.78 is 5.04. The first-order valence-corrected chi connectivity index (χ1v) is 8.00. The van der Waals surface area contributed by atoms with Gasteiger partial charge in [0.15, 0.2) is 11.5 Å². The van der Waals surface area contributed by atoms with E-state index in [4.69, 9.17) is 15.4 Å². The van der Waals surface area contributed by atoms with Gasteiger partial charge in [0.05, 0.1) is 11.6 Å². The minimum absolute atomic E-state index is 0.0353. The third-order valence-electron chi connectivity index (χ3n) is 4.15. The summed E-state index contributed by atoms with van der Waals surface area (Å²) in [5.74, 6) is -1.40. The average Bonchev–Trinajstić information content (AvgIpc) is 3.09. The molecule has 1 aliphatic rings. The number of nitriles is 1. The van der Waals surface area contributed by atoms with Gasteiger partial charge in [-0.3, -0.25) is 14.5 Å². The van der Waals surface area contributed by atoms with Gasteiger partial charge in [0.2, 0.25) is 0 Å². The molecule has 0 atom stereocenters. The van der Waals surface area contributed by atoms with Gasteiger partial charge in [-0.1, -0.05) is 12.1 Å². The standard InChI is InChI=1S/C18H18N4O4/c19-7-12-2-1-3-13(6-12)8-22-10-18(25,11-22)9-21-17(24)15-5-4-14(26-15)16(20)23/h1-6,25H,8-11H2,(H2,20,23)(H,21,24). The van der Waals surface area contributed by atoms with Crippen molar-refractivity contribution in [2.24, 2.45) is 5.73 Å². The molecule has 1 fully saturated rings. The van der Waals surface area contributed by atoms with E-state index in [1.165, 1.54) is 12.1 Å². The Morgan fingerprint density at radius 2 is 2.04 bits per heavy atom. The summed E-state index contributed by atoms with van der Waals surface area (Å²) in [5, 5.41) is 21.9. The molecule has 1 aliphatic heterocycles. The van der Waals surface area contributed by atoms with E-state index < -0.39 is 17.4 Å². The van der Waals surface area contributed by atoms with Crippen molar-refractivity contribution in [2.45, 2.75) is 12.1 Å². The summed E-state index contributed by atoms with van der Waals surface area (Å²) in [5.41, 5.74) is 5.63. The van der Waals surface area contributed by atoms with Crippen LogP contribution in [0.15, 0.2) is 40.8 Å². The maximum absolute atomic E-state index is 12.0. The van der Waals surface area contributed by atoms with Crippen molar-refractivity contribution in [3.63, 3.8) is 0 Å². The van der Waals surface area contributed by atoms with E-state index in [0.717, 1.165) is 5.56 Å². The third kappa shape index (κ3) is 3.91. The molecule has 4 N–H and O–H groups in total. The van der Waals surface area contributed by atoms with E-state index >= 15 is 0 Å². The van der Waals surface area contributed by atoms with Gasteiger partial charge in [-0.25, -0.2) is 0 Å². The Hall–Kier alpha value is -3.15. The van der Waals surface area contributed by atoms with Crippen LogP contribution >= 0.6 is 0 Å². The summed E-state index contributed by atoms with van der Waals surface area (Å²) in [6, 6.07) is 12.1. The van der Waals surface area contributed by atoms with Crippen molar-refractivity contribution in [3.05, 3.63) is 59.0 Å². The van der Waals surface area contributed by atoms with Crippen LogP contribution in [-0.4, -0.2) is 47.1 Å². The Balaban J connectivity index is 1.48. The first-order valence-electron chi connectivity index (χ1n) is 8.00. The lowest BCUT2D eigenvalue weighted by atomic mass is 9.93. The molecule has 8 nitrogen and oxygen atoms in total. The van der Waals surface area contributed by atoms with Crippen LogP contribution in [0, 0.1) is 11.3 Å². The highest BCUT2D eigenvalue weighted by molar-refractivity contribution is 5.95. The fourth-order valence-corrected chi connectivity index (χ4v) is 2.93. The maximum atomic E-state index is 12.0. The molecular formula is C18H18N4O4. The molecule has 26 heavy (non-hydrogen) atoms. The van der Waals surface area contributed by atoms with Crippen molar-refractivity contribution in [2.75, 3.05) is 19.6 Å². The molecule has 1 saturated heterocycles. The number of hydrogen-bond acceptors (Lipinski definition) is 6. The van der Waals surface area contributed by atoms with Crippen molar-refractivity contribution in [1.29, 1.82) is 5.26 Å². The first kappa shape index (κ1) is 17.7. The Morgan fingerprint density at radius 1 is 1.31 bits per heavy atom. The number of furan rings is 1. The number of carbonyl (C=O) groups is 2. The lowest BCUT2D eigenvalue weighted by molar-refractivity contribution is -0.0975. The number of carbonyl (C=O) groups excluding carboxylic acids is 2. The number of nitrogens with one attached hydrogen (secondary N) is 1. The fourth-order valence-electron chi connectivity index (χ4n) is 2.93. The van der Waals surface area contributed by atoms with Gasteiger partial charge in [0.1, 0.15) is 5.60 Å². The normalized spacial score (nSPS) is 15.7. The topological polar surface area (TPSA) is 133 Å². The molecule has 2 amide bonds. The number of hydrogen-bond donors (Lipinski definition) is 3. The third-order valence-corrected chi connectivity index (χ3v) is 4.15. The van der Waals surface area contributed by atoms with E-state index in [1.807, 2.05) is 23.1 Å². The van der Waals surface area contributed by atoms with Crippen LogP contribution in [0.1, 0.15) is 32.2 Å². The molecule has 3 rings (SSSR count). The molecule has 134 valence electrons. The van der Waals surface area contributed by atoms with E-state index in [0.29, 0.717) is 25.2 Å². The Bertz CT molecular complexity index is 877. The van der Waals surface area contributed by atoms with Gasteiger partial charge in [0, 0.05) is 26.2 Å². The second-order valence-electron chi connectivity index (χ2n) is 6.39. The molecule has 0 spiro atoms. The average molecular weight is 354 g/mol. The van der Waals surface area contributed by atoms with Gasteiger partial charge >= 0.3 is 0 Å². The number of likely N-dealkylation sites (tertiary alicyclic amines) is 1. The summed E-state index contributed by atoms with van der Waals surface area (Å²) in [4.78, 5) is 25.0. The van der Waals surface area contributed by atoms with Crippen LogP contribution in [0.25, 0.3) is 0 Å². The van der Waals surface area contributed by atoms with Crippen LogP contribution in [0.5, 0.6) is 0 Å². The van der Waals surface area contributed by atoms with Gasteiger partial charge in [-0.05, 0) is 29.8 Å². The fraction of sp³-hybridized carbons (Fsp3) is 0.278. The smallest absolute Gasteiger partial charge is 0.287 e. The van der Waals surface area contributed by atoms with Crippen molar-refractivity contribution < 1.29 is 19.1 Å². The predicted molar refractivity (Wildman–Crippen MR) is 90.9 cm³/mol. The van der Waals surface area contributed by atoms with Gasteiger partial charge in [0.25, 0.3) is 11.8 Å². The zero-order valence-electron chi connectivity index (χ0n) is 13.9. The molecule has 0 unspecified atom stereocenters. The highest BCUT2D eigenvalue weighted by Gasteiger charge is 2.41. The van der Waals surface area contributed by atoms with Crippen LogP contribution in [0.3, 0.4) is 0 Å². The van der Waals surface area contributed by atoms with E-state index in [9.17, 15) is 14.7 Å². The number of rotatable bonds is 6. The molecule has 2 heterocycles. The molecule has 2 aromatic rings. The first-order chi connectivity index (χ1) is 12.4. The summed E-state index contributed by atoms with van der Waals surface area (Å²) in [7, 11) is 0. The molecule has 0 radical (unpaired) electrons. The highest BCUT2D eigenvalue weighted by atomic mass is 16.4. The Morgan fingerprint density at radius 3 is 2.69 bits per heavy atom. The summed E-state index contributed by atoms with van der Waals surface area (Å²) >= 11 is 0. The number of aliphatic hydroxyl groups is 1. The van der Waals surface area contributed by atoms with Crippen molar-refractivity contribution in [3.8, 4) is 6.07 Å². The van der Waals surface area contributed by atoms with Gasteiger partial charge < -0.3 is 20.6 Å². The minimum atomic E-state index is -1.03. The molecule has 8 heteroatoms. The lowest BCUT2D eigenvalue weighted by Gasteiger charge is -2.46. The second kappa shape index (κ2) is 7.00.